The highest BCUT2D eigenvalue weighted by molar-refractivity contribution is 5.91. The van der Waals surface area contributed by atoms with E-state index in [-0.39, 0.29) is 5.91 Å². The monoisotopic (exact) mass is 283 g/mol. The van der Waals surface area contributed by atoms with E-state index in [9.17, 15) is 9.90 Å². The summed E-state index contributed by atoms with van der Waals surface area (Å²) in [6, 6.07) is 18.0. The Labute approximate surface area is 125 Å². The summed E-state index contributed by atoms with van der Waals surface area (Å²) in [4.78, 5) is 11.9. The number of carbonyl (C=O) groups excluding carboxylic acids is 1. The van der Waals surface area contributed by atoms with Gasteiger partial charge in [-0.05, 0) is 37.0 Å². The Morgan fingerprint density at radius 1 is 1.10 bits per heavy atom. The maximum Gasteiger partial charge on any atom is 0.224 e. The van der Waals surface area contributed by atoms with Crippen LogP contribution in [0.1, 0.15) is 30.9 Å². The summed E-state index contributed by atoms with van der Waals surface area (Å²) in [5.74, 6) is -0.0589. The van der Waals surface area contributed by atoms with Crippen molar-refractivity contribution in [1.29, 1.82) is 0 Å². The summed E-state index contributed by atoms with van der Waals surface area (Å²) in [6.45, 7) is 1.69. The van der Waals surface area contributed by atoms with E-state index in [1.807, 2.05) is 42.5 Å². The minimum absolute atomic E-state index is 0.0589. The van der Waals surface area contributed by atoms with Gasteiger partial charge in [0.1, 0.15) is 0 Å². The number of benzene rings is 2. The molecule has 1 unspecified atom stereocenters. The van der Waals surface area contributed by atoms with E-state index in [0.29, 0.717) is 12.8 Å². The number of anilines is 1. The van der Waals surface area contributed by atoms with Crippen LogP contribution in [0.25, 0.3) is 0 Å². The van der Waals surface area contributed by atoms with Gasteiger partial charge in [-0.1, -0.05) is 48.5 Å². The highest BCUT2D eigenvalue weighted by atomic mass is 16.3. The third kappa shape index (κ3) is 5.04. The van der Waals surface area contributed by atoms with E-state index in [2.05, 4.69) is 17.4 Å². The zero-order chi connectivity index (χ0) is 15.1. The van der Waals surface area contributed by atoms with Gasteiger partial charge in [0.2, 0.25) is 5.91 Å². The first-order chi connectivity index (χ1) is 10.1. The average molecular weight is 283 g/mol. The standard InChI is InChI=1S/C18H21NO2/c1-14(20)11-12-18(21)19-17-10-6-5-9-16(17)13-15-7-3-2-4-8-15/h2-10,14,20H,11-13H2,1H3,(H,19,21). The smallest absolute Gasteiger partial charge is 0.224 e. The lowest BCUT2D eigenvalue weighted by atomic mass is 10.0. The number of aliphatic hydroxyl groups excluding tert-OH is 1. The number of carbonyl (C=O) groups is 1. The lowest BCUT2D eigenvalue weighted by molar-refractivity contribution is -0.116. The van der Waals surface area contributed by atoms with Gasteiger partial charge in [0.25, 0.3) is 0 Å². The molecule has 2 aromatic rings. The van der Waals surface area contributed by atoms with Gasteiger partial charge in [0, 0.05) is 12.1 Å². The molecule has 0 fully saturated rings. The molecule has 1 atom stereocenters. The van der Waals surface area contributed by atoms with Crippen molar-refractivity contribution in [2.75, 3.05) is 5.32 Å². The molecule has 0 bridgehead atoms. The van der Waals surface area contributed by atoms with Crippen LogP contribution in [0.3, 0.4) is 0 Å². The lowest BCUT2D eigenvalue weighted by Crippen LogP contribution is -2.15. The Hall–Kier alpha value is -2.13. The van der Waals surface area contributed by atoms with Crippen LogP contribution in [-0.2, 0) is 11.2 Å². The van der Waals surface area contributed by atoms with E-state index in [4.69, 9.17) is 0 Å². The first kappa shape index (κ1) is 15.3. The SMILES string of the molecule is CC(O)CCC(=O)Nc1ccccc1Cc1ccccc1. The van der Waals surface area contributed by atoms with E-state index >= 15 is 0 Å². The highest BCUT2D eigenvalue weighted by Crippen LogP contribution is 2.19. The van der Waals surface area contributed by atoms with Crippen LogP contribution in [0.2, 0.25) is 0 Å². The van der Waals surface area contributed by atoms with E-state index < -0.39 is 6.10 Å². The normalized spacial score (nSPS) is 11.9. The molecule has 0 heterocycles. The van der Waals surface area contributed by atoms with Gasteiger partial charge >= 0.3 is 0 Å². The molecule has 0 saturated heterocycles. The summed E-state index contributed by atoms with van der Waals surface area (Å²) >= 11 is 0. The highest BCUT2D eigenvalue weighted by Gasteiger charge is 2.08. The molecule has 2 rings (SSSR count). The van der Waals surface area contributed by atoms with Gasteiger partial charge in [-0.2, -0.15) is 0 Å². The number of hydrogen-bond donors (Lipinski definition) is 2. The molecular formula is C18H21NO2. The third-order valence-corrected chi connectivity index (χ3v) is 3.32. The zero-order valence-corrected chi connectivity index (χ0v) is 12.3. The Morgan fingerprint density at radius 2 is 1.76 bits per heavy atom. The molecular weight excluding hydrogens is 262 g/mol. The van der Waals surface area contributed by atoms with Crippen LogP contribution < -0.4 is 5.32 Å². The fourth-order valence-corrected chi connectivity index (χ4v) is 2.16. The Kier molecular flexibility index (Phi) is 5.52. The molecule has 3 heteroatoms. The van der Waals surface area contributed by atoms with Crippen LogP contribution in [0.4, 0.5) is 5.69 Å². The molecule has 2 aromatic carbocycles. The fourth-order valence-electron chi connectivity index (χ4n) is 2.16. The predicted molar refractivity (Wildman–Crippen MR) is 85.2 cm³/mol. The van der Waals surface area contributed by atoms with Gasteiger partial charge in [0.05, 0.1) is 6.10 Å². The Morgan fingerprint density at radius 3 is 2.48 bits per heavy atom. The van der Waals surface area contributed by atoms with Crippen molar-refractivity contribution < 1.29 is 9.90 Å². The van der Waals surface area contributed by atoms with Crippen LogP contribution in [-0.4, -0.2) is 17.1 Å². The second-order valence-electron chi connectivity index (χ2n) is 5.26. The first-order valence-electron chi connectivity index (χ1n) is 7.25. The molecule has 0 aromatic heterocycles. The topological polar surface area (TPSA) is 49.3 Å². The van der Waals surface area contributed by atoms with Crippen molar-refractivity contribution in [3.63, 3.8) is 0 Å². The number of nitrogens with one attached hydrogen (secondary N) is 1. The lowest BCUT2D eigenvalue weighted by Gasteiger charge is -2.11. The van der Waals surface area contributed by atoms with Crippen molar-refractivity contribution in [3.8, 4) is 0 Å². The van der Waals surface area contributed by atoms with Crippen LogP contribution in [0.15, 0.2) is 54.6 Å². The average Bonchev–Trinajstić information content (AvgIpc) is 2.48. The van der Waals surface area contributed by atoms with Gasteiger partial charge in [-0.15, -0.1) is 0 Å². The predicted octanol–water partition coefficient (Wildman–Crippen LogP) is 3.38. The second-order valence-corrected chi connectivity index (χ2v) is 5.26. The second kappa shape index (κ2) is 7.60. The van der Waals surface area contributed by atoms with Gasteiger partial charge < -0.3 is 10.4 Å². The minimum atomic E-state index is -0.449. The van der Waals surface area contributed by atoms with Gasteiger partial charge in [0.15, 0.2) is 0 Å². The van der Waals surface area contributed by atoms with E-state index in [1.54, 1.807) is 6.92 Å². The summed E-state index contributed by atoms with van der Waals surface area (Å²) in [6.07, 6.45) is 1.15. The zero-order valence-electron chi connectivity index (χ0n) is 12.3. The summed E-state index contributed by atoms with van der Waals surface area (Å²) in [5, 5.41) is 12.2. The van der Waals surface area contributed by atoms with Crippen molar-refractivity contribution in [3.05, 3.63) is 65.7 Å². The maximum atomic E-state index is 11.9. The first-order valence-corrected chi connectivity index (χ1v) is 7.25. The maximum absolute atomic E-state index is 11.9. The van der Waals surface area contributed by atoms with Crippen LogP contribution in [0, 0.1) is 0 Å². The molecule has 0 aliphatic rings. The molecule has 0 saturated carbocycles. The van der Waals surface area contributed by atoms with E-state index in [0.717, 1.165) is 17.7 Å². The largest absolute Gasteiger partial charge is 0.393 e. The molecule has 1 amide bonds. The molecule has 0 spiro atoms. The van der Waals surface area contributed by atoms with Crippen LogP contribution in [0.5, 0.6) is 0 Å². The van der Waals surface area contributed by atoms with Crippen molar-refractivity contribution >= 4 is 11.6 Å². The molecule has 21 heavy (non-hydrogen) atoms. The molecule has 0 radical (unpaired) electrons. The Bertz CT molecular complexity index is 579. The molecule has 3 nitrogen and oxygen atoms in total. The van der Waals surface area contributed by atoms with Crippen LogP contribution >= 0.6 is 0 Å². The number of aliphatic hydroxyl groups is 1. The quantitative estimate of drug-likeness (QED) is 0.854. The van der Waals surface area contributed by atoms with Crippen molar-refractivity contribution in [1.82, 2.24) is 0 Å². The molecule has 0 aliphatic heterocycles. The van der Waals surface area contributed by atoms with Crippen molar-refractivity contribution in [2.24, 2.45) is 0 Å². The third-order valence-electron chi connectivity index (χ3n) is 3.32. The Balaban J connectivity index is 2.05. The van der Waals surface area contributed by atoms with E-state index in [1.165, 1.54) is 5.56 Å². The summed E-state index contributed by atoms with van der Waals surface area (Å²) < 4.78 is 0. The number of rotatable bonds is 6. The summed E-state index contributed by atoms with van der Waals surface area (Å²) in [5.41, 5.74) is 3.15. The summed E-state index contributed by atoms with van der Waals surface area (Å²) in [7, 11) is 0. The fraction of sp³-hybridized carbons (Fsp3) is 0.278. The van der Waals surface area contributed by atoms with Gasteiger partial charge in [-0.25, -0.2) is 0 Å². The number of amides is 1. The molecule has 0 aliphatic carbocycles. The molecule has 2 N–H and O–H groups in total. The van der Waals surface area contributed by atoms with Crippen molar-refractivity contribution in [2.45, 2.75) is 32.3 Å². The van der Waals surface area contributed by atoms with Gasteiger partial charge in [-0.3, -0.25) is 4.79 Å². The minimum Gasteiger partial charge on any atom is -0.393 e. The number of hydrogen-bond acceptors (Lipinski definition) is 2. The molecule has 110 valence electrons. The number of para-hydroxylation sites is 1.